The Morgan fingerprint density at radius 3 is 2.85 bits per heavy atom. The molecular weight excluding hydrogens is 334 g/mol. The van der Waals surface area contributed by atoms with Gasteiger partial charge in [0, 0.05) is 30.4 Å². The number of piperidine rings is 1. The van der Waals surface area contributed by atoms with Crippen LogP contribution >= 0.6 is 0 Å². The van der Waals surface area contributed by atoms with E-state index in [2.05, 4.69) is 17.6 Å². The summed E-state index contributed by atoms with van der Waals surface area (Å²) in [6.45, 7) is 4.62. The molecule has 0 saturated carbocycles. The van der Waals surface area contributed by atoms with Gasteiger partial charge < -0.3 is 25.0 Å². The van der Waals surface area contributed by atoms with E-state index in [1.165, 1.54) is 0 Å². The predicted octanol–water partition coefficient (Wildman–Crippen LogP) is 1.07. The van der Waals surface area contributed by atoms with E-state index >= 15 is 0 Å². The molecule has 1 aromatic carbocycles. The van der Waals surface area contributed by atoms with E-state index in [0.717, 1.165) is 25.1 Å². The van der Waals surface area contributed by atoms with Crippen molar-refractivity contribution in [3.05, 3.63) is 18.2 Å². The Bertz CT molecular complexity index is 708. The Morgan fingerprint density at radius 1 is 1.23 bits per heavy atom. The Kier molecular flexibility index (Phi) is 4.72. The second-order valence-electron chi connectivity index (χ2n) is 7.16. The van der Waals surface area contributed by atoms with Crippen molar-refractivity contribution >= 4 is 17.5 Å². The van der Waals surface area contributed by atoms with Crippen molar-refractivity contribution in [3.8, 4) is 11.5 Å². The fraction of sp³-hybridized carbons (Fsp3) is 0.579. The topological polar surface area (TPSA) is 79.9 Å². The summed E-state index contributed by atoms with van der Waals surface area (Å²) < 4.78 is 11.1. The van der Waals surface area contributed by atoms with Gasteiger partial charge in [0.25, 0.3) is 0 Å². The van der Waals surface area contributed by atoms with E-state index in [0.29, 0.717) is 37.7 Å². The van der Waals surface area contributed by atoms with E-state index in [1.54, 1.807) is 4.90 Å². The first-order valence-corrected chi connectivity index (χ1v) is 9.38. The van der Waals surface area contributed by atoms with Crippen LogP contribution in [0.15, 0.2) is 18.2 Å². The van der Waals surface area contributed by atoms with Gasteiger partial charge in [-0.1, -0.05) is 0 Å². The number of fused-ring (bicyclic) bond motifs is 1. The summed E-state index contributed by atoms with van der Waals surface area (Å²) in [5.74, 6) is 0.430. The number of hydrogen-bond donors (Lipinski definition) is 2. The summed E-state index contributed by atoms with van der Waals surface area (Å²) in [6, 6.07) is 5.81. The van der Waals surface area contributed by atoms with Crippen LogP contribution < -0.4 is 25.0 Å². The lowest BCUT2D eigenvalue weighted by Gasteiger charge is -2.31. The first-order valence-electron chi connectivity index (χ1n) is 9.38. The molecule has 2 amide bonds. The number of ether oxygens (including phenoxy) is 2. The van der Waals surface area contributed by atoms with Gasteiger partial charge in [-0.05, 0) is 44.9 Å². The molecule has 3 aliphatic heterocycles. The Labute approximate surface area is 153 Å². The zero-order valence-corrected chi connectivity index (χ0v) is 15.0. The maximum atomic E-state index is 12.8. The SMILES string of the molecule is CC1NCCCC1NC(=O)C1CCN(c2ccc3c(c2)OCCO3)C1=O. The van der Waals surface area contributed by atoms with Gasteiger partial charge >= 0.3 is 0 Å². The number of anilines is 1. The fourth-order valence-electron chi connectivity index (χ4n) is 3.90. The lowest BCUT2D eigenvalue weighted by Crippen LogP contribution is -2.53. The molecule has 26 heavy (non-hydrogen) atoms. The molecule has 0 spiro atoms. The van der Waals surface area contributed by atoms with Crippen LogP contribution in [-0.2, 0) is 9.59 Å². The Hall–Kier alpha value is -2.28. The minimum atomic E-state index is -0.614. The van der Waals surface area contributed by atoms with Crippen molar-refractivity contribution in [2.24, 2.45) is 5.92 Å². The van der Waals surface area contributed by atoms with Gasteiger partial charge in [-0.2, -0.15) is 0 Å². The normalized spacial score (nSPS) is 28.1. The molecule has 2 fully saturated rings. The number of benzene rings is 1. The molecule has 3 unspecified atom stereocenters. The molecule has 3 atom stereocenters. The van der Waals surface area contributed by atoms with Crippen LogP contribution in [-0.4, -0.2) is 50.2 Å². The zero-order valence-electron chi connectivity index (χ0n) is 15.0. The third-order valence-electron chi connectivity index (χ3n) is 5.45. The van der Waals surface area contributed by atoms with Crippen molar-refractivity contribution in [1.29, 1.82) is 0 Å². The van der Waals surface area contributed by atoms with Gasteiger partial charge in [0.15, 0.2) is 11.5 Å². The Morgan fingerprint density at radius 2 is 2.04 bits per heavy atom. The third-order valence-corrected chi connectivity index (χ3v) is 5.45. The summed E-state index contributed by atoms with van der Waals surface area (Å²) in [6.07, 6.45) is 2.53. The second-order valence-corrected chi connectivity index (χ2v) is 7.16. The molecule has 4 rings (SSSR count). The molecule has 0 bridgehead atoms. The molecule has 7 heteroatoms. The van der Waals surface area contributed by atoms with Crippen molar-refractivity contribution in [3.63, 3.8) is 0 Å². The molecule has 2 N–H and O–H groups in total. The van der Waals surface area contributed by atoms with Gasteiger partial charge in [0.05, 0.1) is 0 Å². The van der Waals surface area contributed by atoms with Crippen LogP contribution in [0.4, 0.5) is 5.69 Å². The molecule has 3 aliphatic rings. The molecule has 0 aromatic heterocycles. The average Bonchev–Trinajstić information content (AvgIpc) is 3.05. The number of nitrogens with zero attached hydrogens (tertiary/aromatic N) is 1. The number of carbonyl (C=O) groups excluding carboxylic acids is 2. The average molecular weight is 359 g/mol. The third kappa shape index (κ3) is 3.23. The molecule has 3 heterocycles. The highest BCUT2D eigenvalue weighted by Crippen LogP contribution is 2.36. The van der Waals surface area contributed by atoms with Crippen LogP contribution in [0.1, 0.15) is 26.2 Å². The Balaban J connectivity index is 1.43. The predicted molar refractivity (Wildman–Crippen MR) is 96.5 cm³/mol. The zero-order chi connectivity index (χ0) is 18.1. The van der Waals surface area contributed by atoms with Gasteiger partial charge in [0.2, 0.25) is 11.8 Å². The summed E-state index contributed by atoms with van der Waals surface area (Å²) in [7, 11) is 0. The molecule has 7 nitrogen and oxygen atoms in total. The van der Waals surface area contributed by atoms with E-state index in [-0.39, 0.29) is 23.9 Å². The summed E-state index contributed by atoms with van der Waals surface area (Å²) >= 11 is 0. The van der Waals surface area contributed by atoms with Crippen molar-refractivity contribution < 1.29 is 19.1 Å². The maximum Gasteiger partial charge on any atom is 0.239 e. The van der Waals surface area contributed by atoms with Crippen molar-refractivity contribution in [2.45, 2.75) is 38.3 Å². The second kappa shape index (κ2) is 7.15. The molecule has 0 radical (unpaired) electrons. The van der Waals surface area contributed by atoms with Crippen LogP contribution in [0, 0.1) is 5.92 Å². The number of carbonyl (C=O) groups is 2. The van der Waals surface area contributed by atoms with E-state index < -0.39 is 5.92 Å². The highest BCUT2D eigenvalue weighted by molar-refractivity contribution is 6.09. The standard InChI is InChI=1S/C19H25N3O4/c1-12-15(3-2-7-20-12)21-18(23)14-6-8-22(19(14)24)13-4-5-16-17(11-13)26-10-9-25-16/h4-5,11-12,14-15,20H,2-3,6-10H2,1H3,(H,21,23). The number of amides is 2. The molecular formula is C19H25N3O4. The van der Waals surface area contributed by atoms with E-state index in [9.17, 15) is 9.59 Å². The lowest BCUT2D eigenvalue weighted by atomic mass is 9.98. The highest BCUT2D eigenvalue weighted by atomic mass is 16.6. The van der Waals surface area contributed by atoms with Gasteiger partial charge in [-0.15, -0.1) is 0 Å². The monoisotopic (exact) mass is 359 g/mol. The van der Waals surface area contributed by atoms with Crippen LogP contribution in [0.25, 0.3) is 0 Å². The van der Waals surface area contributed by atoms with Crippen LogP contribution in [0.5, 0.6) is 11.5 Å². The molecule has 140 valence electrons. The summed E-state index contributed by atoms with van der Waals surface area (Å²) in [5.41, 5.74) is 0.752. The molecule has 0 aliphatic carbocycles. The number of rotatable bonds is 3. The quantitative estimate of drug-likeness (QED) is 0.789. The van der Waals surface area contributed by atoms with Gasteiger partial charge in [-0.3, -0.25) is 9.59 Å². The van der Waals surface area contributed by atoms with Crippen LogP contribution in [0.3, 0.4) is 0 Å². The minimum absolute atomic E-state index is 0.0902. The molecule has 1 aromatic rings. The maximum absolute atomic E-state index is 12.8. The summed E-state index contributed by atoms with van der Waals surface area (Å²) in [5, 5.41) is 6.44. The lowest BCUT2D eigenvalue weighted by molar-refractivity contribution is -0.132. The minimum Gasteiger partial charge on any atom is -0.486 e. The first kappa shape index (κ1) is 17.1. The van der Waals surface area contributed by atoms with E-state index in [4.69, 9.17) is 9.47 Å². The smallest absolute Gasteiger partial charge is 0.239 e. The van der Waals surface area contributed by atoms with Gasteiger partial charge in [-0.25, -0.2) is 0 Å². The number of nitrogens with one attached hydrogen (secondary N) is 2. The fourth-order valence-corrected chi connectivity index (χ4v) is 3.90. The van der Waals surface area contributed by atoms with E-state index in [1.807, 2.05) is 18.2 Å². The van der Waals surface area contributed by atoms with Crippen molar-refractivity contribution in [1.82, 2.24) is 10.6 Å². The van der Waals surface area contributed by atoms with Gasteiger partial charge in [0.1, 0.15) is 19.1 Å². The largest absolute Gasteiger partial charge is 0.486 e. The first-order chi connectivity index (χ1) is 12.6. The van der Waals surface area contributed by atoms with Crippen molar-refractivity contribution in [2.75, 3.05) is 31.2 Å². The molecule has 2 saturated heterocycles. The highest BCUT2D eigenvalue weighted by Gasteiger charge is 2.39. The number of hydrogen-bond acceptors (Lipinski definition) is 5. The van der Waals surface area contributed by atoms with Crippen LogP contribution in [0.2, 0.25) is 0 Å². The summed E-state index contributed by atoms with van der Waals surface area (Å²) in [4.78, 5) is 27.1.